The fourth-order valence-corrected chi connectivity index (χ4v) is 2.77. The number of rotatable bonds is 10. The Morgan fingerprint density at radius 2 is 2.10 bits per heavy atom. The van der Waals surface area contributed by atoms with Gasteiger partial charge in [0, 0.05) is 25.0 Å². The first-order chi connectivity index (χ1) is 14.6. The van der Waals surface area contributed by atoms with Crippen LogP contribution in [-0.2, 0) is 6.42 Å². The highest BCUT2D eigenvalue weighted by Gasteiger charge is 2.07. The first kappa shape index (κ1) is 20.8. The molecule has 3 aromatic rings. The third kappa shape index (κ3) is 5.32. The van der Waals surface area contributed by atoms with E-state index in [2.05, 4.69) is 22.0 Å². The summed E-state index contributed by atoms with van der Waals surface area (Å²) in [7, 11) is 3.23. The van der Waals surface area contributed by atoms with Crippen LogP contribution in [0.1, 0.15) is 11.3 Å². The van der Waals surface area contributed by atoms with Crippen LogP contribution < -0.4 is 20.5 Å². The summed E-state index contributed by atoms with van der Waals surface area (Å²) >= 11 is 0. The van der Waals surface area contributed by atoms with E-state index in [9.17, 15) is 0 Å². The van der Waals surface area contributed by atoms with Crippen molar-refractivity contribution in [2.45, 2.75) is 6.42 Å². The van der Waals surface area contributed by atoms with Gasteiger partial charge in [-0.2, -0.15) is 5.10 Å². The Kier molecular flexibility index (Phi) is 6.94. The number of benzene rings is 1. The van der Waals surface area contributed by atoms with Crippen molar-refractivity contribution < 1.29 is 13.9 Å². The highest BCUT2D eigenvalue weighted by atomic mass is 16.5. The van der Waals surface area contributed by atoms with Gasteiger partial charge in [-0.25, -0.2) is 9.67 Å². The number of furan rings is 1. The second kappa shape index (κ2) is 10.0. The van der Waals surface area contributed by atoms with Crippen molar-refractivity contribution in [1.82, 2.24) is 15.1 Å². The van der Waals surface area contributed by atoms with Gasteiger partial charge in [-0.05, 0) is 42.3 Å². The topological polar surface area (TPSA) is 99.8 Å². The quantitative estimate of drug-likeness (QED) is 0.304. The van der Waals surface area contributed by atoms with E-state index in [0.29, 0.717) is 35.3 Å². The second-order valence-corrected chi connectivity index (χ2v) is 6.31. The molecule has 0 saturated heterocycles. The second-order valence-electron chi connectivity index (χ2n) is 6.31. The van der Waals surface area contributed by atoms with Gasteiger partial charge in [0.15, 0.2) is 23.1 Å². The molecule has 3 rings (SSSR count). The molecular weight excluding hydrogens is 382 g/mol. The monoisotopic (exact) mass is 407 g/mol. The van der Waals surface area contributed by atoms with E-state index in [0.717, 1.165) is 12.0 Å². The lowest BCUT2D eigenvalue weighted by atomic mass is 10.1. The molecule has 0 aliphatic carbocycles. The molecular formula is C22H25N5O3. The fourth-order valence-electron chi connectivity index (χ4n) is 2.77. The molecule has 0 aliphatic rings. The summed E-state index contributed by atoms with van der Waals surface area (Å²) in [6.07, 6.45) is 7.55. The van der Waals surface area contributed by atoms with Crippen molar-refractivity contribution in [3.63, 3.8) is 0 Å². The molecule has 0 atom stereocenters. The van der Waals surface area contributed by atoms with Gasteiger partial charge in [0.1, 0.15) is 5.82 Å². The number of nitrogens with two attached hydrogens (primary N) is 1. The van der Waals surface area contributed by atoms with Crippen LogP contribution in [0.4, 0.5) is 0 Å². The van der Waals surface area contributed by atoms with E-state index in [-0.39, 0.29) is 5.84 Å². The Morgan fingerprint density at radius 3 is 2.77 bits per heavy atom. The van der Waals surface area contributed by atoms with E-state index >= 15 is 0 Å². The normalized spacial score (nSPS) is 11.9. The molecule has 0 amide bonds. The molecule has 30 heavy (non-hydrogen) atoms. The zero-order valence-corrected chi connectivity index (χ0v) is 17.0. The molecule has 0 spiro atoms. The van der Waals surface area contributed by atoms with Crippen molar-refractivity contribution in [1.29, 1.82) is 0 Å². The Balaban J connectivity index is 1.74. The summed E-state index contributed by atoms with van der Waals surface area (Å²) in [6, 6.07) is 11.2. The Labute approximate surface area is 175 Å². The minimum Gasteiger partial charge on any atom is -0.493 e. The molecule has 2 aromatic heterocycles. The number of hydrogen-bond donors (Lipinski definition) is 2. The molecule has 2 heterocycles. The predicted octanol–water partition coefficient (Wildman–Crippen LogP) is 3.04. The Bertz CT molecular complexity index is 1020. The van der Waals surface area contributed by atoms with E-state index in [1.165, 1.54) is 0 Å². The maximum atomic E-state index is 6.08. The number of hydrogen-bond acceptors (Lipinski definition) is 6. The van der Waals surface area contributed by atoms with Crippen molar-refractivity contribution in [2.24, 2.45) is 10.7 Å². The Morgan fingerprint density at radius 1 is 1.27 bits per heavy atom. The van der Waals surface area contributed by atoms with Crippen LogP contribution in [0.3, 0.4) is 0 Å². The minimum absolute atomic E-state index is 0.262. The largest absolute Gasteiger partial charge is 0.493 e. The first-order valence-corrected chi connectivity index (χ1v) is 9.34. The molecule has 1 aromatic carbocycles. The molecule has 8 nitrogen and oxygen atoms in total. The van der Waals surface area contributed by atoms with Crippen LogP contribution in [-0.4, -0.2) is 36.4 Å². The van der Waals surface area contributed by atoms with Crippen molar-refractivity contribution in [2.75, 3.05) is 20.8 Å². The summed E-state index contributed by atoms with van der Waals surface area (Å²) < 4.78 is 17.6. The van der Waals surface area contributed by atoms with E-state index in [4.69, 9.17) is 19.6 Å². The smallest absolute Gasteiger partial charge is 0.168 e. The molecule has 8 heteroatoms. The summed E-state index contributed by atoms with van der Waals surface area (Å²) in [6.45, 7) is 4.65. The third-order valence-corrected chi connectivity index (χ3v) is 4.28. The van der Waals surface area contributed by atoms with Gasteiger partial charge in [0.05, 0.1) is 26.2 Å². The standard InChI is InChI=1S/C22H25N5O3/c1-16(27-12-5-10-25-27)14-21(26-22(23)19-6-4-13-30-19)24-11-9-17-7-8-18(28-2)20(15-17)29-3/h4-8,10,12-15,24H,1,9,11H2,2-3H3,(H2,23,26)/b21-14-. The van der Waals surface area contributed by atoms with Gasteiger partial charge < -0.3 is 24.9 Å². The first-order valence-electron chi connectivity index (χ1n) is 9.34. The predicted molar refractivity (Wildman–Crippen MR) is 116 cm³/mol. The average Bonchev–Trinajstić information content (AvgIpc) is 3.47. The van der Waals surface area contributed by atoms with Crippen LogP contribution in [0.15, 0.2) is 82.9 Å². The van der Waals surface area contributed by atoms with Crippen LogP contribution in [0.25, 0.3) is 5.70 Å². The van der Waals surface area contributed by atoms with Gasteiger partial charge in [0.25, 0.3) is 0 Å². The van der Waals surface area contributed by atoms with Crippen molar-refractivity contribution >= 4 is 11.5 Å². The van der Waals surface area contributed by atoms with Gasteiger partial charge in [-0.15, -0.1) is 0 Å². The van der Waals surface area contributed by atoms with Crippen molar-refractivity contribution in [3.8, 4) is 11.5 Å². The lowest BCUT2D eigenvalue weighted by molar-refractivity contribution is 0.354. The molecule has 3 N–H and O–H groups in total. The maximum Gasteiger partial charge on any atom is 0.168 e. The molecule has 0 unspecified atom stereocenters. The third-order valence-electron chi connectivity index (χ3n) is 4.28. The van der Waals surface area contributed by atoms with Crippen LogP contribution in [0, 0.1) is 0 Å². The fraction of sp³-hybridized carbons (Fsp3) is 0.182. The van der Waals surface area contributed by atoms with Crippen LogP contribution >= 0.6 is 0 Å². The number of aromatic nitrogens is 2. The Hall–Kier alpha value is -3.94. The highest BCUT2D eigenvalue weighted by Crippen LogP contribution is 2.27. The highest BCUT2D eigenvalue weighted by molar-refractivity contribution is 5.95. The van der Waals surface area contributed by atoms with Gasteiger partial charge in [-0.3, -0.25) is 0 Å². The minimum atomic E-state index is 0.262. The number of nitrogens with one attached hydrogen (secondary N) is 1. The number of aliphatic imine (C=N–C) groups is 1. The SMILES string of the molecule is C=C(/C=C(\N=C(N)c1ccco1)NCCc1ccc(OC)c(OC)c1)n1cccn1. The molecule has 0 bridgehead atoms. The summed E-state index contributed by atoms with van der Waals surface area (Å²) in [5, 5.41) is 7.48. The van der Waals surface area contributed by atoms with Crippen LogP contribution in [0.2, 0.25) is 0 Å². The lowest BCUT2D eigenvalue weighted by Gasteiger charge is -2.11. The molecule has 156 valence electrons. The van der Waals surface area contributed by atoms with Gasteiger partial charge in [0.2, 0.25) is 0 Å². The number of methoxy groups -OCH3 is 2. The summed E-state index contributed by atoms with van der Waals surface area (Å²) in [4.78, 5) is 4.47. The van der Waals surface area contributed by atoms with Crippen molar-refractivity contribution in [3.05, 3.63) is 84.9 Å². The summed E-state index contributed by atoms with van der Waals surface area (Å²) in [5.41, 5.74) is 7.81. The molecule has 0 aliphatic heterocycles. The maximum absolute atomic E-state index is 6.08. The number of allylic oxidation sites excluding steroid dienone is 2. The summed E-state index contributed by atoms with van der Waals surface area (Å²) in [5.74, 6) is 2.69. The number of amidine groups is 1. The number of nitrogens with zero attached hydrogens (tertiary/aromatic N) is 3. The average molecular weight is 407 g/mol. The van der Waals surface area contributed by atoms with Gasteiger partial charge >= 0.3 is 0 Å². The lowest BCUT2D eigenvalue weighted by Crippen LogP contribution is -2.20. The van der Waals surface area contributed by atoms with E-state index in [1.54, 1.807) is 55.8 Å². The van der Waals surface area contributed by atoms with E-state index in [1.807, 2.05) is 24.3 Å². The van der Waals surface area contributed by atoms with E-state index < -0.39 is 0 Å². The molecule has 0 saturated carbocycles. The molecule has 0 radical (unpaired) electrons. The zero-order valence-electron chi connectivity index (χ0n) is 17.0. The number of ether oxygens (including phenoxy) is 2. The van der Waals surface area contributed by atoms with Crippen LogP contribution in [0.5, 0.6) is 11.5 Å². The van der Waals surface area contributed by atoms with Gasteiger partial charge in [-0.1, -0.05) is 12.6 Å². The zero-order chi connectivity index (χ0) is 21.3. The molecule has 0 fully saturated rings.